The Morgan fingerprint density at radius 1 is 0.817 bits per heavy atom. The fraction of sp³-hybridized carbons (Fsp3) is 0.659. The Kier molecular flexibility index (Phi) is 17.7. The number of aromatic nitrogens is 1. The zero-order chi connectivity index (χ0) is 42.9. The number of alkyl halides is 2. The molecule has 4 aliphatic rings. The number of nitriles is 1. The van der Waals surface area contributed by atoms with Crippen molar-refractivity contribution in [3.63, 3.8) is 0 Å². The number of benzene rings is 1. The minimum atomic E-state index is -3.15. The van der Waals surface area contributed by atoms with Crippen LogP contribution in [0.3, 0.4) is 0 Å². The molecule has 6 rings (SSSR count). The summed E-state index contributed by atoms with van der Waals surface area (Å²) in [5, 5.41) is 43.3. The van der Waals surface area contributed by atoms with Gasteiger partial charge in [0.05, 0.1) is 35.8 Å². The lowest BCUT2D eigenvalue weighted by Gasteiger charge is -2.37. The summed E-state index contributed by atoms with van der Waals surface area (Å²) in [5.41, 5.74) is 1.12. The van der Waals surface area contributed by atoms with Crippen molar-refractivity contribution in [2.75, 3.05) is 110 Å². The van der Waals surface area contributed by atoms with Crippen LogP contribution in [0.25, 0.3) is 10.9 Å². The molecule has 10 N–H and O–H groups in total. The number of nitrogens with zero attached hydrogens (tertiary/aromatic N) is 3. The van der Waals surface area contributed by atoms with E-state index in [1.165, 1.54) is 12.3 Å². The molecule has 4 fully saturated rings. The molecule has 330 valence electrons. The van der Waals surface area contributed by atoms with Gasteiger partial charge in [-0.25, -0.2) is 8.78 Å². The standard InChI is InChI=1S/C41H63F2N13O4/c1-39-23-45-13-16-48-26-40(27-49-17-14-46-24-39,28-50-18-15-47-25-39)55-36(58)6-4-5-35(57)53-11-3-2-10-51-30-7-8-34-33(19-30)32(9-12-52-34)38(60)54-22-37(59)56-29-41(42,43)20-31(56)21-44/h7-9,12,19,31,45-51H,2-6,10-11,13-18,20,22-29H2,1H3,(H,53,57)(H,54,60)(H,55,58)/t31-,39?,40?/m0/s1. The smallest absolute Gasteiger partial charge is 0.268 e. The van der Waals surface area contributed by atoms with Gasteiger partial charge in [0.15, 0.2) is 0 Å². The third-order valence-corrected chi connectivity index (χ3v) is 11.1. The second-order valence-electron chi connectivity index (χ2n) is 16.5. The SMILES string of the molecule is CC12CNCCNCC(NC(=O)CCCC(=O)NCCCCNc3ccc4nccc(C(=O)NCC(=O)N5CC(F)(F)C[C@H]5C#N)c4c3)(CNCCNC1)CNCCNC2. The van der Waals surface area contributed by atoms with Crippen LogP contribution in [0.15, 0.2) is 30.5 Å². The van der Waals surface area contributed by atoms with Crippen molar-refractivity contribution in [2.24, 2.45) is 5.41 Å². The Morgan fingerprint density at radius 3 is 2.05 bits per heavy atom. The zero-order valence-corrected chi connectivity index (χ0v) is 34.8. The van der Waals surface area contributed by atoms with Gasteiger partial charge in [0.2, 0.25) is 17.7 Å². The third-order valence-electron chi connectivity index (χ3n) is 11.1. The van der Waals surface area contributed by atoms with Crippen molar-refractivity contribution in [2.45, 2.75) is 63.0 Å². The predicted molar refractivity (Wildman–Crippen MR) is 226 cm³/mol. The fourth-order valence-corrected chi connectivity index (χ4v) is 7.76. The lowest BCUT2D eigenvalue weighted by molar-refractivity contribution is -0.131. The van der Waals surface area contributed by atoms with Crippen LogP contribution in [0.2, 0.25) is 0 Å². The van der Waals surface area contributed by atoms with Crippen LogP contribution >= 0.6 is 0 Å². The molecule has 4 amide bonds. The molecule has 0 spiro atoms. The van der Waals surface area contributed by atoms with Crippen molar-refractivity contribution >= 4 is 40.2 Å². The molecule has 0 radical (unpaired) electrons. The summed E-state index contributed by atoms with van der Waals surface area (Å²) < 4.78 is 27.6. The maximum atomic E-state index is 13.8. The lowest BCUT2D eigenvalue weighted by atomic mass is 9.90. The molecule has 2 aromatic rings. The van der Waals surface area contributed by atoms with Gasteiger partial charge >= 0.3 is 0 Å². The van der Waals surface area contributed by atoms with Gasteiger partial charge in [-0.15, -0.1) is 0 Å². The fourth-order valence-electron chi connectivity index (χ4n) is 7.76. The average molecular weight is 840 g/mol. The Bertz CT molecular complexity index is 1750. The molecule has 17 nitrogen and oxygen atoms in total. The first-order valence-electron chi connectivity index (χ1n) is 21.2. The van der Waals surface area contributed by atoms with Crippen molar-refractivity contribution in [3.05, 3.63) is 36.0 Å². The van der Waals surface area contributed by atoms with E-state index in [2.05, 4.69) is 65.1 Å². The highest BCUT2D eigenvalue weighted by Gasteiger charge is 2.47. The van der Waals surface area contributed by atoms with Gasteiger partial charge in [-0.1, -0.05) is 6.92 Å². The molecule has 1 atom stereocenters. The van der Waals surface area contributed by atoms with Crippen LogP contribution < -0.4 is 53.2 Å². The molecule has 19 heteroatoms. The van der Waals surface area contributed by atoms with Crippen LogP contribution in [0, 0.1) is 16.7 Å². The van der Waals surface area contributed by atoms with Crippen LogP contribution in [0.4, 0.5) is 14.5 Å². The van der Waals surface area contributed by atoms with E-state index in [1.807, 2.05) is 6.07 Å². The van der Waals surface area contributed by atoms with Crippen LogP contribution in [-0.4, -0.2) is 156 Å². The molecule has 0 aliphatic carbocycles. The zero-order valence-electron chi connectivity index (χ0n) is 34.8. The van der Waals surface area contributed by atoms with Gasteiger partial charge in [-0.3, -0.25) is 24.2 Å². The third kappa shape index (κ3) is 14.6. The number of anilines is 1. The second-order valence-corrected chi connectivity index (χ2v) is 16.5. The molecule has 4 aliphatic heterocycles. The van der Waals surface area contributed by atoms with Gasteiger partial charge in [0.1, 0.15) is 6.04 Å². The molecular formula is C41H63F2N13O4. The minimum absolute atomic E-state index is 0.0825. The van der Waals surface area contributed by atoms with Crippen molar-refractivity contribution in [3.8, 4) is 6.07 Å². The predicted octanol–water partition coefficient (Wildman–Crippen LogP) is -0.371. The van der Waals surface area contributed by atoms with E-state index in [0.717, 1.165) is 82.3 Å². The second kappa shape index (κ2) is 22.9. The number of rotatable bonds is 14. The first-order chi connectivity index (χ1) is 28.9. The molecule has 0 saturated carbocycles. The van der Waals surface area contributed by atoms with Gasteiger partial charge in [-0.05, 0) is 43.5 Å². The summed E-state index contributed by atoms with van der Waals surface area (Å²) >= 11 is 0. The van der Waals surface area contributed by atoms with Crippen molar-refractivity contribution in [1.82, 2.24) is 57.7 Å². The van der Waals surface area contributed by atoms with E-state index >= 15 is 0 Å². The Morgan fingerprint density at radius 2 is 1.42 bits per heavy atom. The minimum Gasteiger partial charge on any atom is -0.385 e. The molecule has 4 saturated heterocycles. The molecule has 1 aromatic carbocycles. The first kappa shape index (κ1) is 46.5. The van der Waals surface area contributed by atoms with Crippen molar-refractivity contribution in [1.29, 1.82) is 5.26 Å². The highest BCUT2D eigenvalue weighted by Crippen LogP contribution is 2.31. The van der Waals surface area contributed by atoms with Crippen LogP contribution in [0.1, 0.15) is 55.8 Å². The molecule has 5 heterocycles. The Labute approximate surface area is 351 Å². The monoisotopic (exact) mass is 840 g/mol. The normalized spacial score (nSPS) is 24.1. The topological polar surface area (TPSA) is 228 Å². The van der Waals surface area contributed by atoms with E-state index in [4.69, 9.17) is 0 Å². The van der Waals surface area contributed by atoms with Crippen LogP contribution in [-0.2, 0) is 14.4 Å². The summed E-state index contributed by atoms with van der Waals surface area (Å²) in [7, 11) is 0. The maximum absolute atomic E-state index is 13.8. The average Bonchev–Trinajstić information content (AvgIpc) is 3.55. The lowest BCUT2D eigenvalue weighted by Crippen LogP contribution is -2.66. The molecule has 60 heavy (non-hydrogen) atoms. The van der Waals surface area contributed by atoms with E-state index in [0.29, 0.717) is 50.0 Å². The number of fused-ring (bicyclic) bond motifs is 16. The van der Waals surface area contributed by atoms with Gasteiger partial charge in [0, 0.05) is 134 Å². The van der Waals surface area contributed by atoms with Crippen LogP contribution in [0.5, 0.6) is 0 Å². The van der Waals surface area contributed by atoms with E-state index in [1.54, 1.807) is 18.2 Å². The number of pyridine rings is 1. The number of carbonyl (C=O) groups is 4. The number of amides is 4. The molecular weight excluding hydrogens is 777 g/mol. The van der Waals surface area contributed by atoms with Gasteiger partial charge in [-0.2, -0.15) is 5.26 Å². The molecule has 2 bridgehead atoms. The number of unbranched alkanes of at least 4 members (excludes halogenated alkanes) is 1. The number of hydrogen-bond acceptors (Lipinski definition) is 13. The maximum Gasteiger partial charge on any atom is 0.268 e. The van der Waals surface area contributed by atoms with E-state index in [-0.39, 0.29) is 35.6 Å². The number of likely N-dealkylation sites (tertiary alicyclic amines) is 1. The summed E-state index contributed by atoms with van der Waals surface area (Å²) in [5.74, 6) is -4.65. The van der Waals surface area contributed by atoms with Crippen molar-refractivity contribution < 1.29 is 28.0 Å². The number of hydrogen-bond donors (Lipinski definition) is 10. The summed E-state index contributed by atoms with van der Waals surface area (Å²) in [6, 6.07) is 7.38. The van der Waals surface area contributed by atoms with Gasteiger partial charge in [0.25, 0.3) is 11.8 Å². The molecule has 1 aromatic heterocycles. The summed E-state index contributed by atoms with van der Waals surface area (Å²) in [4.78, 5) is 56.7. The highest BCUT2D eigenvalue weighted by molar-refractivity contribution is 6.07. The number of halogens is 2. The van der Waals surface area contributed by atoms with Gasteiger partial charge < -0.3 is 58.1 Å². The summed E-state index contributed by atoms with van der Waals surface area (Å²) in [6.07, 6.45) is 3.15. The first-order valence-corrected chi connectivity index (χ1v) is 21.2. The summed E-state index contributed by atoms with van der Waals surface area (Å²) in [6.45, 7) is 11.3. The quantitative estimate of drug-likeness (QED) is 0.110. The number of nitrogens with one attached hydrogen (secondary N) is 10. The Hall–Kier alpha value is -4.58. The van der Waals surface area contributed by atoms with E-state index in [9.17, 15) is 33.2 Å². The van der Waals surface area contributed by atoms with E-state index < -0.39 is 48.8 Å². The Balaban J connectivity index is 1.00. The largest absolute Gasteiger partial charge is 0.385 e. The molecule has 0 unspecified atom stereocenters. The number of carbonyl (C=O) groups excluding carboxylic acids is 4. The highest BCUT2D eigenvalue weighted by atomic mass is 19.3.